The molecule has 5 heteroatoms. The fourth-order valence-corrected chi connectivity index (χ4v) is 1.17. The largest absolute Gasteiger partial charge is 0.398 e. The highest BCUT2D eigenvalue weighted by Crippen LogP contribution is 2.13. The van der Waals surface area contributed by atoms with Gasteiger partial charge in [-0.05, 0) is 18.2 Å². The summed E-state index contributed by atoms with van der Waals surface area (Å²) in [6, 6.07) is 4.57. The first kappa shape index (κ1) is 11.0. The molecule has 0 saturated carbocycles. The summed E-state index contributed by atoms with van der Waals surface area (Å²) >= 11 is 0. The summed E-state index contributed by atoms with van der Waals surface area (Å²) < 4.78 is 0. The number of anilines is 1. The van der Waals surface area contributed by atoms with Gasteiger partial charge in [0.25, 0.3) is 11.8 Å². The Bertz CT molecular complexity index is 402. The van der Waals surface area contributed by atoms with E-state index in [0.29, 0.717) is 16.8 Å². The lowest BCUT2D eigenvalue weighted by Crippen LogP contribution is -2.22. The fourth-order valence-electron chi connectivity index (χ4n) is 1.17. The number of amides is 2. The highest BCUT2D eigenvalue weighted by molar-refractivity contribution is 6.02. The second-order valence-electron chi connectivity index (χ2n) is 2.96. The average molecular weight is 207 g/mol. The van der Waals surface area contributed by atoms with Crippen LogP contribution in [0, 0.1) is 0 Å². The summed E-state index contributed by atoms with van der Waals surface area (Å²) in [5, 5.41) is 4.93. The van der Waals surface area contributed by atoms with Crippen molar-refractivity contribution in [1.29, 1.82) is 0 Å². The van der Waals surface area contributed by atoms with Crippen molar-refractivity contribution in [3.05, 3.63) is 29.3 Å². The molecule has 15 heavy (non-hydrogen) atoms. The molecule has 80 valence electrons. The SMILES string of the molecule is CNC(=O)c1ccc(N)c(C(=O)NC)c1. The molecule has 1 aromatic rings. The molecule has 0 aliphatic carbocycles. The first-order chi connectivity index (χ1) is 7.10. The van der Waals surface area contributed by atoms with Gasteiger partial charge >= 0.3 is 0 Å². The van der Waals surface area contributed by atoms with Gasteiger partial charge in [-0.15, -0.1) is 0 Å². The summed E-state index contributed by atoms with van der Waals surface area (Å²) in [5.74, 6) is -0.557. The second-order valence-corrected chi connectivity index (χ2v) is 2.96. The van der Waals surface area contributed by atoms with Gasteiger partial charge in [-0.1, -0.05) is 0 Å². The minimum absolute atomic E-state index is 0.250. The van der Waals surface area contributed by atoms with Gasteiger partial charge in [-0.25, -0.2) is 0 Å². The summed E-state index contributed by atoms with van der Waals surface area (Å²) in [5.41, 5.74) is 6.68. The van der Waals surface area contributed by atoms with Gasteiger partial charge < -0.3 is 16.4 Å². The van der Waals surface area contributed by atoms with Crippen LogP contribution in [0.15, 0.2) is 18.2 Å². The summed E-state index contributed by atoms with van der Waals surface area (Å²) in [6.07, 6.45) is 0. The van der Waals surface area contributed by atoms with Crippen molar-refractivity contribution in [2.24, 2.45) is 0 Å². The molecule has 0 spiro atoms. The van der Waals surface area contributed by atoms with Crippen molar-refractivity contribution in [3.63, 3.8) is 0 Å². The first-order valence-electron chi connectivity index (χ1n) is 4.43. The smallest absolute Gasteiger partial charge is 0.253 e. The van der Waals surface area contributed by atoms with Crippen LogP contribution in [-0.4, -0.2) is 25.9 Å². The van der Waals surface area contributed by atoms with Crippen LogP contribution in [0.2, 0.25) is 0 Å². The van der Waals surface area contributed by atoms with Crippen molar-refractivity contribution in [2.75, 3.05) is 19.8 Å². The third-order valence-electron chi connectivity index (χ3n) is 2.01. The van der Waals surface area contributed by atoms with Crippen molar-refractivity contribution in [3.8, 4) is 0 Å². The molecule has 2 amide bonds. The Morgan fingerprint density at radius 1 is 1.13 bits per heavy atom. The molecular weight excluding hydrogens is 194 g/mol. The molecule has 0 heterocycles. The number of nitrogens with one attached hydrogen (secondary N) is 2. The lowest BCUT2D eigenvalue weighted by molar-refractivity contribution is 0.0962. The van der Waals surface area contributed by atoms with Crippen LogP contribution in [0.5, 0.6) is 0 Å². The van der Waals surface area contributed by atoms with Crippen LogP contribution in [-0.2, 0) is 0 Å². The van der Waals surface area contributed by atoms with E-state index in [1.807, 2.05) is 0 Å². The zero-order chi connectivity index (χ0) is 11.4. The standard InChI is InChI=1S/C10H13N3O2/c1-12-9(14)6-3-4-8(11)7(5-6)10(15)13-2/h3-5H,11H2,1-2H3,(H,12,14)(H,13,15). The number of nitrogens with two attached hydrogens (primary N) is 1. The molecule has 0 aromatic heterocycles. The van der Waals surface area contributed by atoms with E-state index in [9.17, 15) is 9.59 Å². The van der Waals surface area contributed by atoms with Crippen molar-refractivity contribution < 1.29 is 9.59 Å². The molecule has 1 aromatic carbocycles. The van der Waals surface area contributed by atoms with E-state index >= 15 is 0 Å². The third-order valence-corrected chi connectivity index (χ3v) is 2.01. The van der Waals surface area contributed by atoms with Crippen LogP contribution < -0.4 is 16.4 Å². The Balaban J connectivity index is 3.16. The molecule has 0 atom stereocenters. The van der Waals surface area contributed by atoms with Gasteiger partial charge in [-0.3, -0.25) is 9.59 Å². The van der Waals surface area contributed by atoms with Crippen LogP contribution in [0.3, 0.4) is 0 Å². The monoisotopic (exact) mass is 207 g/mol. The lowest BCUT2D eigenvalue weighted by Gasteiger charge is -2.06. The molecule has 1 rings (SSSR count). The summed E-state index contributed by atoms with van der Waals surface area (Å²) in [4.78, 5) is 22.7. The second kappa shape index (κ2) is 4.45. The van der Waals surface area contributed by atoms with E-state index < -0.39 is 0 Å². The predicted octanol–water partition coefficient (Wildman–Crippen LogP) is -0.0120. The topological polar surface area (TPSA) is 84.2 Å². The van der Waals surface area contributed by atoms with E-state index in [1.165, 1.54) is 26.2 Å². The Labute approximate surface area is 87.7 Å². The maximum atomic E-state index is 11.4. The molecule has 0 bridgehead atoms. The van der Waals surface area contributed by atoms with E-state index in [-0.39, 0.29) is 11.8 Å². The lowest BCUT2D eigenvalue weighted by atomic mass is 10.1. The molecule has 0 radical (unpaired) electrons. The van der Waals surface area contributed by atoms with Gasteiger partial charge in [0, 0.05) is 25.3 Å². The van der Waals surface area contributed by atoms with Crippen LogP contribution in [0.25, 0.3) is 0 Å². The zero-order valence-corrected chi connectivity index (χ0v) is 8.63. The number of nitrogen functional groups attached to an aromatic ring is 1. The van der Waals surface area contributed by atoms with Crippen LogP contribution in [0.4, 0.5) is 5.69 Å². The van der Waals surface area contributed by atoms with Crippen LogP contribution >= 0.6 is 0 Å². The Kier molecular flexibility index (Phi) is 3.28. The van der Waals surface area contributed by atoms with E-state index in [0.717, 1.165) is 0 Å². The molecular formula is C10H13N3O2. The van der Waals surface area contributed by atoms with E-state index in [1.54, 1.807) is 6.07 Å². The first-order valence-corrected chi connectivity index (χ1v) is 4.43. The number of hydrogen-bond acceptors (Lipinski definition) is 3. The highest BCUT2D eigenvalue weighted by Gasteiger charge is 2.11. The van der Waals surface area contributed by atoms with Crippen molar-refractivity contribution in [1.82, 2.24) is 10.6 Å². The van der Waals surface area contributed by atoms with Gasteiger partial charge in [0.15, 0.2) is 0 Å². The molecule has 0 saturated heterocycles. The van der Waals surface area contributed by atoms with Gasteiger partial charge in [0.1, 0.15) is 0 Å². The molecule has 0 aliphatic rings. The molecule has 0 unspecified atom stereocenters. The number of carbonyl (C=O) groups excluding carboxylic acids is 2. The van der Waals surface area contributed by atoms with Gasteiger partial charge in [0.2, 0.25) is 0 Å². The van der Waals surface area contributed by atoms with Gasteiger partial charge in [-0.2, -0.15) is 0 Å². The minimum atomic E-state index is -0.307. The quantitative estimate of drug-likeness (QED) is 0.596. The maximum absolute atomic E-state index is 11.4. The van der Waals surface area contributed by atoms with Crippen molar-refractivity contribution >= 4 is 17.5 Å². The van der Waals surface area contributed by atoms with E-state index in [2.05, 4.69) is 10.6 Å². The number of carbonyl (C=O) groups is 2. The fraction of sp³-hybridized carbons (Fsp3) is 0.200. The Hall–Kier alpha value is -2.04. The average Bonchev–Trinajstić information content (AvgIpc) is 2.27. The normalized spacial score (nSPS) is 9.47. The zero-order valence-electron chi connectivity index (χ0n) is 8.63. The number of rotatable bonds is 2. The Morgan fingerprint density at radius 2 is 1.73 bits per heavy atom. The highest BCUT2D eigenvalue weighted by atomic mass is 16.2. The number of benzene rings is 1. The molecule has 0 fully saturated rings. The predicted molar refractivity (Wildman–Crippen MR) is 57.6 cm³/mol. The number of hydrogen-bond donors (Lipinski definition) is 3. The van der Waals surface area contributed by atoms with Crippen LogP contribution in [0.1, 0.15) is 20.7 Å². The molecule has 5 nitrogen and oxygen atoms in total. The molecule has 0 aliphatic heterocycles. The Morgan fingerprint density at radius 3 is 2.27 bits per heavy atom. The van der Waals surface area contributed by atoms with Gasteiger partial charge in [0.05, 0.1) is 5.56 Å². The third kappa shape index (κ3) is 2.25. The minimum Gasteiger partial charge on any atom is -0.398 e. The van der Waals surface area contributed by atoms with E-state index in [4.69, 9.17) is 5.73 Å². The molecule has 4 N–H and O–H groups in total. The summed E-state index contributed by atoms with van der Waals surface area (Å²) in [6.45, 7) is 0. The van der Waals surface area contributed by atoms with Crippen molar-refractivity contribution in [2.45, 2.75) is 0 Å². The summed E-state index contributed by atoms with van der Waals surface area (Å²) in [7, 11) is 3.03. The maximum Gasteiger partial charge on any atom is 0.253 e.